The minimum Gasteiger partial charge on any atom is -0.461 e. The summed E-state index contributed by atoms with van der Waals surface area (Å²) in [5.41, 5.74) is 3.27. The second kappa shape index (κ2) is 11.7. The second-order valence-corrected chi connectivity index (χ2v) is 10.3. The van der Waals surface area contributed by atoms with E-state index in [0.29, 0.717) is 44.8 Å². The Kier molecular flexibility index (Phi) is 8.15. The fraction of sp³-hybridized carbons (Fsp3) is 0.370. The van der Waals surface area contributed by atoms with Crippen LogP contribution in [0.3, 0.4) is 0 Å². The number of aromatic nitrogens is 5. The number of carbonyl (C=O) groups excluding carboxylic acids is 1. The van der Waals surface area contributed by atoms with E-state index < -0.39 is 11.9 Å². The first-order chi connectivity index (χ1) is 18.8. The molecule has 2 aromatic heterocycles. The first-order valence-electron chi connectivity index (χ1n) is 12.8. The van der Waals surface area contributed by atoms with Crippen LogP contribution in [0, 0.1) is 0 Å². The zero-order chi connectivity index (χ0) is 27.5. The minimum absolute atomic E-state index is 0.261. The number of piperazine rings is 1. The number of tetrazole rings is 1. The number of ether oxygens (including phenoxy) is 1. The van der Waals surface area contributed by atoms with E-state index in [4.69, 9.17) is 27.9 Å². The summed E-state index contributed by atoms with van der Waals surface area (Å²) in [7, 11) is 1.69. The van der Waals surface area contributed by atoms with Crippen LogP contribution in [0.5, 0.6) is 0 Å². The maximum atomic E-state index is 13.6. The number of allylic oxidation sites excluding steroid dienone is 3. The van der Waals surface area contributed by atoms with Crippen LogP contribution in [0.15, 0.2) is 59.6 Å². The second-order valence-electron chi connectivity index (χ2n) is 9.53. The number of halogens is 2. The lowest BCUT2D eigenvalue weighted by Gasteiger charge is -2.35. The lowest BCUT2D eigenvalue weighted by Crippen LogP contribution is -2.47. The molecule has 2 aliphatic heterocycles. The number of dihydropyridines is 1. The van der Waals surface area contributed by atoms with Crippen molar-refractivity contribution in [2.45, 2.75) is 19.8 Å². The lowest BCUT2D eigenvalue weighted by molar-refractivity contribution is -0.139. The summed E-state index contributed by atoms with van der Waals surface area (Å²) in [6, 6.07) is 11.3. The molecule has 1 aromatic carbocycles. The average molecular weight is 569 g/mol. The van der Waals surface area contributed by atoms with E-state index in [-0.39, 0.29) is 6.61 Å². The van der Waals surface area contributed by atoms with Crippen molar-refractivity contribution in [3.63, 3.8) is 0 Å². The van der Waals surface area contributed by atoms with Crippen molar-refractivity contribution in [1.29, 1.82) is 0 Å². The highest BCUT2D eigenvalue weighted by atomic mass is 35.5. The van der Waals surface area contributed by atoms with Gasteiger partial charge in [0, 0.05) is 61.8 Å². The van der Waals surface area contributed by atoms with Gasteiger partial charge in [-0.3, -0.25) is 4.90 Å². The number of carbonyl (C=O) groups is 1. The van der Waals surface area contributed by atoms with Gasteiger partial charge in [-0.1, -0.05) is 41.4 Å². The molecule has 1 atom stereocenters. The summed E-state index contributed by atoms with van der Waals surface area (Å²) in [6.07, 6.45) is 1.81. The molecule has 1 unspecified atom stereocenters. The van der Waals surface area contributed by atoms with Crippen LogP contribution in [0.2, 0.25) is 10.0 Å². The standard InChI is InChI=1S/C27H30Cl2N8O2/c1-17-22(26-32-34-35(3)33-26)24(19-7-6-8-20(28)25(19)29)23(18(2)31-17)27(38)39-16-15-36-11-13-37(14-12-36)21-9-4-5-10-30-21/h4-10,24,31H,11-16H2,1-3H3. The van der Waals surface area contributed by atoms with Crippen LogP contribution in [0.25, 0.3) is 5.57 Å². The van der Waals surface area contributed by atoms with Crippen molar-refractivity contribution >= 4 is 40.6 Å². The zero-order valence-corrected chi connectivity index (χ0v) is 23.6. The van der Waals surface area contributed by atoms with E-state index in [2.05, 4.69) is 35.5 Å². The number of esters is 1. The molecule has 0 radical (unpaired) electrons. The number of anilines is 1. The molecular weight excluding hydrogens is 539 g/mol. The first-order valence-corrected chi connectivity index (χ1v) is 13.5. The summed E-state index contributed by atoms with van der Waals surface area (Å²) < 4.78 is 5.85. The van der Waals surface area contributed by atoms with E-state index in [1.165, 1.54) is 4.80 Å². The first kappa shape index (κ1) is 27.1. The molecule has 0 saturated carbocycles. The van der Waals surface area contributed by atoms with Crippen LogP contribution in [-0.4, -0.2) is 75.4 Å². The predicted molar refractivity (Wildman–Crippen MR) is 150 cm³/mol. The number of nitrogens with one attached hydrogen (secondary N) is 1. The van der Waals surface area contributed by atoms with E-state index in [1.54, 1.807) is 13.1 Å². The van der Waals surface area contributed by atoms with Crippen molar-refractivity contribution in [2.24, 2.45) is 7.05 Å². The van der Waals surface area contributed by atoms with Crippen molar-refractivity contribution in [3.05, 3.63) is 81.0 Å². The molecule has 1 fully saturated rings. The quantitative estimate of drug-likeness (QED) is 0.427. The molecule has 3 aromatic rings. The molecule has 0 amide bonds. The van der Waals surface area contributed by atoms with Crippen LogP contribution < -0.4 is 10.2 Å². The number of benzene rings is 1. The minimum atomic E-state index is -0.587. The molecule has 39 heavy (non-hydrogen) atoms. The average Bonchev–Trinajstić information content (AvgIpc) is 3.36. The topological polar surface area (TPSA) is 101 Å². The van der Waals surface area contributed by atoms with Crippen LogP contribution >= 0.6 is 23.2 Å². The Labute approximate surface area is 237 Å². The van der Waals surface area contributed by atoms with Crippen LogP contribution in [-0.2, 0) is 16.6 Å². The van der Waals surface area contributed by atoms with Gasteiger partial charge in [0.25, 0.3) is 0 Å². The van der Waals surface area contributed by atoms with Crippen molar-refractivity contribution in [2.75, 3.05) is 44.2 Å². The molecule has 5 rings (SSSR count). The van der Waals surface area contributed by atoms with Crippen LogP contribution in [0.4, 0.5) is 5.82 Å². The Bertz CT molecular complexity index is 1410. The van der Waals surface area contributed by atoms with E-state index in [1.807, 2.05) is 50.4 Å². The largest absolute Gasteiger partial charge is 0.461 e. The van der Waals surface area contributed by atoms with Gasteiger partial charge in [0.05, 0.1) is 22.7 Å². The van der Waals surface area contributed by atoms with Gasteiger partial charge in [-0.25, -0.2) is 9.78 Å². The maximum Gasteiger partial charge on any atom is 0.336 e. The van der Waals surface area contributed by atoms with Gasteiger partial charge >= 0.3 is 5.97 Å². The molecule has 12 heteroatoms. The van der Waals surface area contributed by atoms with Crippen molar-refractivity contribution < 1.29 is 9.53 Å². The molecule has 204 valence electrons. The zero-order valence-electron chi connectivity index (χ0n) is 22.1. The number of nitrogens with zero attached hydrogens (tertiary/aromatic N) is 7. The highest BCUT2D eigenvalue weighted by Gasteiger charge is 2.38. The number of rotatable bonds is 7. The fourth-order valence-electron chi connectivity index (χ4n) is 5.09. The maximum absolute atomic E-state index is 13.6. The van der Waals surface area contributed by atoms with E-state index in [0.717, 1.165) is 37.7 Å². The third-order valence-electron chi connectivity index (χ3n) is 7.01. The summed E-state index contributed by atoms with van der Waals surface area (Å²) in [6.45, 7) is 8.12. The predicted octanol–water partition coefficient (Wildman–Crippen LogP) is 3.67. The molecule has 0 bridgehead atoms. The molecule has 1 saturated heterocycles. The lowest BCUT2D eigenvalue weighted by atomic mass is 9.80. The summed E-state index contributed by atoms with van der Waals surface area (Å²) in [4.78, 5) is 24.0. The fourth-order valence-corrected chi connectivity index (χ4v) is 5.51. The molecule has 0 aliphatic carbocycles. The molecule has 1 N–H and O–H groups in total. The van der Waals surface area contributed by atoms with Gasteiger partial charge < -0.3 is 15.0 Å². The number of hydrogen-bond acceptors (Lipinski definition) is 9. The number of aryl methyl sites for hydroxylation is 1. The summed E-state index contributed by atoms with van der Waals surface area (Å²) in [5.74, 6) is 0.364. The Hall–Kier alpha value is -3.47. The summed E-state index contributed by atoms with van der Waals surface area (Å²) in [5, 5.41) is 16.7. The molecule has 10 nitrogen and oxygen atoms in total. The van der Waals surface area contributed by atoms with Gasteiger partial charge in [-0.05, 0) is 42.8 Å². The van der Waals surface area contributed by atoms with E-state index in [9.17, 15) is 4.79 Å². The Morgan fingerprint density at radius 1 is 1.08 bits per heavy atom. The third kappa shape index (κ3) is 5.78. The summed E-state index contributed by atoms with van der Waals surface area (Å²) >= 11 is 13.1. The third-order valence-corrected chi connectivity index (χ3v) is 7.84. The molecule has 0 spiro atoms. The van der Waals surface area contributed by atoms with Gasteiger partial charge in [0.15, 0.2) is 0 Å². The van der Waals surface area contributed by atoms with E-state index >= 15 is 0 Å². The Morgan fingerprint density at radius 3 is 2.56 bits per heavy atom. The van der Waals surface area contributed by atoms with Gasteiger partial charge in [-0.15, -0.1) is 10.2 Å². The SMILES string of the molecule is CC1=C(C(=O)OCCN2CCN(c3ccccn3)CC2)C(c2cccc(Cl)c2Cl)C(c2nnn(C)n2)=C(C)N1. The normalized spacial score (nSPS) is 18.4. The highest BCUT2D eigenvalue weighted by molar-refractivity contribution is 6.42. The van der Waals surface area contributed by atoms with Crippen LogP contribution in [0.1, 0.15) is 31.2 Å². The monoisotopic (exact) mass is 568 g/mol. The highest BCUT2D eigenvalue weighted by Crippen LogP contribution is 2.46. The molecular formula is C27H30Cl2N8O2. The molecule has 4 heterocycles. The Morgan fingerprint density at radius 2 is 1.87 bits per heavy atom. The molecule has 2 aliphatic rings. The Balaban J connectivity index is 1.32. The van der Waals surface area contributed by atoms with Gasteiger partial charge in [0.1, 0.15) is 12.4 Å². The van der Waals surface area contributed by atoms with Crippen molar-refractivity contribution in [3.8, 4) is 0 Å². The smallest absolute Gasteiger partial charge is 0.336 e. The number of hydrogen-bond donors (Lipinski definition) is 1. The number of pyridine rings is 1. The van der Waals surface area contributed by atoms with Crippen molar-refractivity contribution in [1.82, 2.24) is 35.4 Å². The van der Waals surface area contributed by atoms with Gasteiger partial charge in [0.2, 0.25) is 5.82 Å². The van der Waals surface area contributed by atoms with Gasteiger partial charge in [-0.2, -0.15) is 4.80 Å².